The van der Waals surface area contributed by atoms with Crippen molar-refractivity contribution in [3.63, 3.8) is 0 Å². The summed E-state index contributed by atoms with van der Waals surface area (Å²) >= 11 is 0. The Morgan fingerprint density at radius 3 is 2.71 bits per heavy atom. The van der Waals surface area contributed by atoms with Crippen LogP contribution in [0.2, 0.25) is 0 Å². The number of hydrogen-bond acceptors (Lipinski definition) is 3. The van der Waals surface area contributed by atoms with Gasteiger partial charge >= 0.3 is 0 Å². The van der Waals surface area contributed by atoms with Crippen molar-refractivity contribution in [2.45, 2.75) is 12.8 Å². The van der Waals surface area contributed by atoms with Gasteiger partial charge < -0.3 is 10.3 Å². The average molecular weight is 409 g/mol. The van der Waals surface area contributed by atoms with Crippen LogP contribution < -0.4 is 5.32 Å². The third-order valence-corrected chi connectivity index (χ3v) is 5.79. The smallest absolute Gasteiger partial charge is 0.252 e. The molecule has 31 heavy (non-hydrogen) atoms. The van der Waals surface area contributed by atoms with Crippen LogP contribution in [0.1, 0.15) is 33.1 Å². The highest BCUT2D eigenvalue weighted by atomic mass is 16.1. The van der Waals surface area contributed by atoms with E-state index in [2.05, 4.69) is 44.6 Å². The second kappa shape index (κ2) is 7.72. The van der Waals surface area contributed by atoms with Crippen molar-refractivity contribution in [2.75, 3.05) is 6.54 Å². The fourth-order valence-corrected chi connectivity index (χ4v) is 4.20. The van der Waals surface area contributed by atoms with Crippen LogP contribution >= 0.6 is 0 Å². The van der Waals surface area contributed by atoms with E-state index in [1.54, 1.807) is 10.9 Å². The number of nitrogens with zero attached hydrogens (tertiary/aromatic N) is 3. The van der Waals surface area contributed by atoms with E-state index in [0.717, 1.165) is 27.8 Å². The van der Waals surface area contributed by atoms with Crippen LogP contribution in [0.5, 0.6) is 0 Å². The predicted molar refractivity (Wildman–Crippen MR) is 122 cm³/mol. The van der Waals surface area contributed by atoms with E-state index in [1.165, 1.54) is 10.9 Å². The molecule has 0 fully saturated rings. The first-order chi connectivity index (χ1) is 15.1. The minimum Gasteiger partial charge on any atom is -0.361 e. The fraction of sp³-hybridized carbons (Fsp3) is 0.160. The number of aromatic nitrogens is 4. The number of amides is 1. The number of rotatable bonds is 5. The molecule has 0 saturated carbocycles. The monoisotopic (exact) mass is 409 g/mol. The molecule has 0 saturated heterocycles. The lowest BCUT2D eigenvalue weighted by molar-refractivity contribution is 0.0952. The number of para-hydroxylation sites is 1. The molecule has 0 aliphatic carbocycles. The van der Waals surface area contributed by atoms with Crippen molar-refractivity contribution in [1.29, 1.82) is 0 Å². The molecule has 2 aromatic carbocycles. The quantitative estimate of drug-likeness (QED) is 0.454. The van der Waals surface area contributed by atoms with Gasteiger partial charge in [-0.3, -0.25) is 9.48 Å². The van der Waals surface area contributed by atoms with Gasteiger partial charge in [-0.1, -0.05) is 48.5 Å². The molecule has 0 bridgehead atoms. The normalized spacial score (nSPS) is 12.3. The number of pyridine rings is 1. The Morgan fingerprint density at radius 2 is 1.87 bits per heavy atom. The van der Waals surface area contributed by atoms with E-state index in [-0.39, 0.29) is 11.8 Å². The Bertz CT molecular complexity index is 1380. The number of H-pyrrole nitrogens is 1. The second-order valence-electron chi connectivity index (χ2n) is 7.77. The Balaban J connectivity index is 1.45. The summed E-state index contributed by atoms with van der Waals surface area (Å²) in [6.07, 6.45) is 3.66. The fourth-order valence-electron chi connectivity index (χ4n) is 4.20. The van der Waals surface area contributed by atoms with Gasteiger partial charge in [0.2, 0.25) is 0 Å². The molecule has 5 rings (SSSR count). The van der Waals surface area contributed by atoms with Crippen LogP contribution in [0, 0.1) is 6.92 Å². The predicted octanol–water partition coefficient (Wildman–Crippen LogP) is 4.32. The minimum atomic E-state index is -0.140. The summed E-state index contributed by atoms with van der Waals surface area (Å²) in [4.78, 5) is 20.8. The van der Waals surface area contributed by atoms with E-state index in [4.69, 9.17) is 0 Å². The van der Waals surface area contributed by atoms with Crippen molar-refractivity contribution in [3.05, 3.63) is 95.4 Å². The summed E-state index contributed by atoms with van der Waals surface area (Å²) in [6, 6.07) is 20.4. The lowest BCUT2D eigenvalue weighted by atomic mass is 9.91. The van der Waals surface area contributed by atoms with Crippen molar-refractivity contribution >= 4 is 27.8 Å². The Kier molecular flexibility index (Phi) is 4.75. The van der Waals surface area contributed by atoms with Gasteiger partial charge in [-0.15, -0.1) is 0 Å². The standard InChI is InChI=1S/C25H23N5O/c1-16-20-12-18(13-27-24(20)30(2)29-16)25(31)28-14-21(17-8-4-3-5-9-17)22-15-26-23-11-7-6-10-19(22)23/h3-13,15,21,26H,14H2,1-2H3,(H,28,31). The maximum atomic E-state index is 13.0. The van der Waals surface area contributed by atoms with Crippen LogP contribution in [-0.2, 0) is 7.05 Å². The van der Waals surface area contributed by atoms with E-state index < -0.39 is 0 Å². The van der Waals surface area contributed by atoms with Gasteiger partial charge in [-0.25, -0.2) is 4.98 Å². The Hall–Kier alpha value is -3.93. The maximum absolute atomic E-state index is 13.0. The van der Waals surface area contributed by atoms with Crippen LogP contribution in [-0.4, -0.2) is 32.2 Å². The molecule has 3 aromatic heterocycles. The minimum absolute atomic E-state index is 0.0260. The summed E-state index contributed by atoms with van der Waals surface area (Å²) in [7, 11) is 1.85. The molecular weight excluding hydrogens is 386 g/mol. The molecule has 0 radical (unpaired) electrons. The zero-order chi connectivity index (χ0) is 21.4. The molecule has 1 unspecified atom stereocenters. The number of carbonyl (C=O) groups excluding carboxylic acids is 1. The van der Waals surface area contributed by atoms with Crippen LogP contribution in [0.15, 0.2) is 73.1 Å². The SMILES string of the molecule is Cc1nn(C)c2ncc(C(=O)NCC(c3ccccc3)c3c[nH]c4ccccc34)cc12. The average Bonchev–Trinajstić information content (AvgIpc) is 3.35. The molecule has 6 heteroatoms. The summed E-state index contributed by atoms with van der Waals surface area (Å²) in [5.74, 6) is -0.114. The van der Waals surface area contributed by atoms with Crippen molar-refractivity contribution in [2.24, 2.45) is 7.05 Å². The van der Waals surface area contributed by atoms with Gasteiger partial charge in [0.15, 0.2) is 5.65 Å². The zero-order valence-corrected chi connectivity index (χ0v) is 17.5. The molecule has 2 N–H and O–H groups in total. The lowest BCUT2D eigenvalue weighted by Gasteiger charge is -2.18. The molecular formula is C25H23N5O. The molecule has 1 amide bonds. The largest absolute Gasteiger partial charge is 0.361 e. The first kappa shape index (κ1) is 19.1. The maximum Gasteiger partial charge on any atom is 0.252 e. The third-order valence-electron chi connectivity index (χ3n) is 5.79. The number of aromatic amines is 1. The van der Waals surface area contributed by atoms with E-state index in [0.29, 0.717) is 12.1 Å². The summed E-state index contributed by atoms with van der Waals surface area (Å²) in [5, 5.41) is 9.57. The third kappa shape index (κ3) is 3.46. The summed E-state index contributed by atoms with van der Waals surface area (Å²) in [6.45, 7) is 2.41. The molecule has 1 atom stereocenters. The van der Waals surface area contributed by atoms with E-state index >= 15 is 0 Å². The number of hydrogen-bond donors (Lipinski definition) is 2. The number of carbonyl (C=O) groups is 1. The number of benzene rings is 2. The zero-order valence-electron chi connectivity index (χ0n) is 17.5. The van der Waals surface area contributed by atoms with Crippen molar-refractivity contribution in [3.8, 4) is 0 Å². The van der Waals surface area contributed by atoms with Gasteiger partial charge in [0.1, 0.15) is 0 Å². The number of aryl methyl sites for hydroxylation is 2. The molecule has 3 heterocycles. The van der Waals surface area contributed by atoms with Crippen molar-refractivity contribution < 1.29 is 4.79 Å². The topological polar surface area (TPSA) is 75.6 Å². The highest BCUT2D eigenvalue weighted by molar-refractivity contribution is 5.97. The lowest BCUT2D eigenvalue weighted by Crippen LogP contribution is -2.29. The summed E-state index contributed by atoms with van der Waals surface area (Å²) < 4.78 is 1.73. The van der Waals surface area contributed by atoms with Crippen molar-refractivity contribution in [1.82, 2.24) is 25.1 Å². The first-order valence-electron chi connectivity index (χ1n) is 10.3. The highest BCUT2D eigenvalue weighted by Crippen LogP contribution is 2.30. The molecule has 6 nitrogen and oxygen atoms in total. The van der Waals surface area contributed by atoms with Gasteiger partial charge in [0, 0.05) is 48.2 Å². The Morgan fingerprint density at radius 1 is 1.10 bits per heavy atom. The van der Waals surface area contributed by atoms with Gasteiger partial charge in [0.05, 0.1) is 11.3 Å². The second-order valence-corrected chi connectivity index (χ2v) is 7.77. The number of nitrogens with one attached hydrogen (secondary N) is 2. The summed E-state index contributed by atoms with van der Waals surface area (Å²) in [5.41, 5.74) is 5.58. The molecule has 5 aromatic rings. The van der Waals surface area contributed by atoms with E-state index in [9.17, 15) is 4.79 Å². The molecule has 0 aliphatic rings. The van der Waals surface area contributed by atoms with Crippen LogP contribution in [0.25, 0.3) is 21.9 Å². The van der Waals surface area contributed by atoms with E-state index in [1.807, 2.05) is 56.6 Å². The van der Waals surface area contributed by atoms with Gasteiger partial charge in [0.25, 0.3) is 5.91 Å². The van der Waals surface area contributed by atoms with Gasteiger partial charge in [-0.05, 0) is 30.2 Å². The van der Waals surface area contributed by atoms with Crippen LogP contribution in [0.4, 0.5) is 0 Å². The Labute approximate surface area is 179 Å². The molecule has 0 aliphatic heterocycles. The van der Waals surface area contributed by atoms with Gasteiger partial charge in [-0.2, -0.15) is 5.10 Å². The molecule has 0 spiro atoms. The van der Waals surface area contributed by atoms with Crippen LogP contribution in [0.3, 0.4) is 0 Å². The first-order valence-corrected chi connectivity index (χ1v) is 10.3. The highest BCUT2D eigenvalue weighted by Gasteiger charge is 2.20. The molecule has 154 valence electrons. The number of fused-ring (bicyclic) bond motifs is 2.